The number of carboxylic acid groups (broad SMARTS) is 1. The van der Waals surface area contributed by atoms with Crippen LogP contribution in [0.3, 0.4) is 0 Å². The molecule has 0 aromatic rings. The number of aliphatic carboxylic acids is 1. The van der Waals surface area contributed by atoms with Crippen molar-refractivity contribution in [2.24, 2.45) is 34.5 Å². The van der Waals surface area contributed by atoms with Gasteiger partial charge in [-0.1, -0.05) is 19.4 Å². The fourth-order valence-electron chi connectivity index (χ4n) is 7.96. The van der Waals surface area contributed by atoms with Crippen molar-refractivity contribution in [3.63, 3.8) is 0 Å². The van der Waals surface area contributed by atoms with Crippen LogP contribution in [0.4, 0.5) is 0 Å². The summed E-state index contributed by atoms with van der Waals surface area (Å²) in [6.45, 7) is 8.10. The third-order valence-corrected chi connectivity index (χ3v) is 9.74. The summed E-state index contributed by atoms with van der Waals surface area (Å²) in [4.78, 5) is 36.8. The summed E-state index contributed by atoms with van der Waals surface area (Å²) in [6, 6.07) is 0. The maximum atomic E-state index is 13.3. The van der Waals surface area contributed by atoms with Crippen molar-refractivity contribution in [1.29, 1.82) is 0 Å². The first-order valence-electron chi connectivity index (χ1n) is 12.3. The van der Waals surface area contributed by atoms with Gasteiger partial charge in [-0.15, -0.1) is 0 Å². The molecular weight excluding hydrogens is 408 g/mol. The predicted octanol–water partition coefficient (Wildman–Crippen LogP) is 4.29. The number of hydrogen-bond donors (Lipinski definition) is 2. The Balaban J connectivity index is 1.73. The molecule has 0 radical (unpaired) electrons. The number of ketones is 1. The van der Waals surface area contributed by atoms with Crippen molar-refractivity contribution in [3.8, 4) is 0 Å². The normalized spacial score (nSPS) is 43.2. The van der Waals surface area contributed by atoms with Gasteiger partial charge in [-0.3, -0.25) is 14.4 Å². The molecule has 4 aliphatic rings. The third-order valence-electron chi connectivity index (χ3n) is 9.74. The van der Waals surface area contributed by atoms with Gasteiger partial charge in [0.15, 0.2) is 5.78 Å². The Hall–Kier alpha value is -1.69. The minimum atomic E-state index is -1.02. The van der Waals surface area contributed by atoms with Gasteiger partial charge < -0.3 is 14.9 Å². The summed E-state index contributed by atoms with van der Waals surface area (Å²) in [5, 5.41) is 20.9. The molecule has 0 aliphatic heterocycles. The van der Waals surface area contributed by atoms with Gasteiger partial charge in [0.05, 0.1) is 17.6 Å². The second-order valence-corrected chi connectivity index (χ2v) is 11.6. The van der Waals surface area contributed by atoms with E-state index in [1.54, 1.807) is 6.08 Å². The minimum Gasteiger partial charge on any atom is -0.481 e. The number of fused-ring (bicyclic) bond motifs is 5. The Kier molecular flexibility index (Phi) is 5.84. The van der Waals surface area contributed by atoms with Gasteiger partial charge in [0, 0.05) is 12.8 Å². The van der Waals surface area contributed by atoms with Crippen LogP contribution in [-0.4, -0.2) is 39.6 Å². The van der Waals surface area contributed by atoms with Crippen molar-refractivity contribution in [1.82, 2.24) is 0 Å². The minimum absolute atomic E-state index is 0.0432. The molecule has 4 aliphatic carbocycles. The van der Waals surface area contributed by atoms with E-state index in [4.69, 9.17) is 4.74 Å². The number of aliphatic hydroxyl groups is 1. The lowest BCUT2D eigenvalue weighted by Crippen LogP contribution is -2.58. The first-order chi connectivity index (χ1) is 14.9. The largest absolute Gasteiger partial charge is 0.481 e. The Bertz CT molecular complexity index is 845. The quantitative estimate of drug-likeness (QED) is 0.611. The molecule has 6 nitrogen and oxygen atoms in total. The number of rotatable bonds is 5. The third kappa shape index (κ3) is 3.53. The van der Waals surface area contributed by atoms with E-state index in [1.807, 2.05) is 13.8 Å². The highest BCUT2D eigenvalue weighted by Gasteiger charge is 2.66. The SMILES string of the molecule is CC(C)OC(=O)[C@@H]1CC2=CC(=O)CC[C@]2(C)[C@H]2CC[C@@]3(C)[C@@H](CC[C@@]3(O)CCC(=O)O)[C@H]12. The molecule has 0 bridgehead atoms. The molecule has 0 unspecified atom stereocenters. The van der Waals surface area contributed by atoms with Crippen LogP contribution in [0.5, 0.6) is 0 Å². The van der Waals surface area contributed by atoms with Crippen LogP contribution in [0.25, 0.3) is 0 Å². The van der Waals surface area contributed by atoms with Crippen molar-refractivity contribution >= 4 is 17.7 Å². The number of allylic oxidation sites excluding steroid dienone is 1. The Morgan fingerprint density at radius 2 is 1.84 bits per heavy atom. The van der Waals surface area contributed by atoms with Gasteiger partial charge >= 0.3 is 11.9 Å². The van der Waals surface area contributed by atoms with Crippen molar-refractivity contribution in [2.45, 2.75) is 97.2 Å². The molecule has 0 amide bonds. The molecule has 3 saturated carbocycles. The highest BCUT2D eigenvalue weighted by molar-refractivity contribution is 5.92. The second-order valence-electron chi connectivity index (χ2n) is 11.6. The van der Waals surface area contributed by atoms with Crippen LogP contribution in [0.1, 0.15) is 85.5 Å². The summed E-state index contributed by atoms with van der Waals surface area (Å²) in [7, 11) is 0. The number of carbonyl (C=O) groups is 3. The predicted molar refractivity (Wildman–Crippen MR) is 119 cm³/mol. The standard InChI is InChI=1S/C26H38O6/c1-15(2)32-23(30)18-14-16-13-17(27)5-9-24(16,3)19-6-10-25(4)20(22(18)19)7-11-26(25,31)12-8-21(28)29/h13,15,18-20,22,31H,5-12,14H2,1-4H3,(H,28,29)/t18-,19+,20+,22-,24+,25+,26-/m1/s1. The zero-order valence-corrected chi connectivity index (χ0v) is 19.9. The molecule has 4 rings (SSSR count). The molecule has 178 valence electrons. The highest BCUT2D eigenvalue weighted by atomic mass is 16.5. The number of carbonyl (C=O) groups excluding carboxylic acids is 2. The van der Waals surface area contributed by atoms with E-state index >= 15 is 0 Å². The monoisotopic (exact) mass is 446 g/mol. The molecule has 3 fully saturated rings. The van der Waals surface area contributed by atoms with Crippen LogP contribution < -0.4 is 0 Å². The maximum absolute atomic E-state index is 13.3. The summed E-state index contributed by atoms with van der Waals surface area (Å²) >= 11 is 0. The fourth-order valence-corrected chi connectivity index (χ4v) is 7.96. The van der Waals surface area contributed by atoms with Crippen molar-refractivity contribution in [2.75, 3.05) is 0 Å². The highest BCUT2D eigenvalue weighted by Crippen LogP contribution is 2.69. The fraction of sp³-hybridized carbons (Fsp3) is 0.808. The average molecular weight is 447 g/mol. The van der Waals surface area contributed by atoms with Gasteiger partial charge in [0.2, 0.25) is 0 Å². The lowest BCUT2D eigenvalue weighted by Gasteiger charge is -2.60. The van der Waals surface area contributed by atoms with Gasteiger partial charge in [0.1, 0.15) is 0 Å². The molecule has 7 atom stereocenters. The first-order valence-corrected chi connectivity index (χ1v) is 12.3. The van der Waals surface area contributed by atoms with E-state index in [9.17, 15) is 24.6 Å². The Morgan fingerprint density at radius 3 is 2.50 bits per heavy atom. The number of carboxylic acids is 1. The lowest BCUT2D eigenvalue weighted by molar-refractivity contribution is -0.173. The average Bonchev–Trinajstić information content (AvgIpc) is 2.97. The lowest BCUT2D eigenvalue weighted by atomic mass is 9.44. The van der Waals surface area contributed by atoms with E-state index in [1.165, 1.54) is 0 Å². The van der Waals surface area contributed by atoms with Gasteiger partial charge in [-0.05, 0) is 93.5 Å². The molecule has 0 aromatic carbocycles. The first kappa shape index (κ1) is 23.5. The zero-order chi connectivity index (χ0) is 23.5. The van der Waals surface area contributed by atoms with Gasteiger partial charge in [0.25, 0.3) is 0 Å². The second kappa shape index (κ2) is 7.96. The smallest absolute Gasteiger partial charge is 0.309 e. The van der Waals surface area contributed by atoms with Crippen LogP contribution >= 0.6 is 0 Å². The summed E-state index contributed by atoms with van der Waals surface area (Å²) in [6.07, 6.45) is 6.79. The summed E-state index contributed by atoms with van der Waals surface area (Å²) in [5.74, 6) is -0.767. The van der Waals surface area contributed by atoms with Gasteiger partial charge in [-0.25, -0.2) is 0 Å². The summed E-state index contributed by atoms with van der Waals surface area (Å²) < 4.78 is 5.70. The molecule has 6 heteroatoms. The van der Waals surface area contributed by atoms with Crippen molar-refractivity contribution in [3.05, 3.63) is 11.6 Å². The molecule has 0 spiro atoms. The zero-order valence-electron chi connectivity index (χ0n) is 19.9. The van der Waals surface area contributed by atoms with Crippen molar-refractivity contribution < 1.29 is 29.3 Å². The van der Waals surface area contributed by atoms with E-state index in [-0.39, 0.29) is 59.8 Å². The Labute approximate surface area is 190 Å². The van der Waals surface area contributed by atoms with E-state index < -0.39 is 17.0 Å². The van der Waals surface area contributed by atoms with E-state index in [0.717, 1.165) is 31.3 Å². The molecular formula is C26H38O6. The number of esters is 1. The van der Waals surface area contributed by atoms with Crippen LogP contribution in [0.2, 0.25) is 0 Å². The molecule has 32 heavy (non-hydrogen) atoms. The Morgan fingerprint density at radius 1 is 1.16 bits per heavy atom. The molecule has 2 N–H and O–H groups in total. The maximum Gasteiger partial charge on any atom is 0.309 e. The van der Waals surface area contributed by atoms with Crippen LogP contribution in [0.15, 0.2) is 11.6 Å². The summed E-state index contributed by atoms with van der Waals surface area (Å²) in [5.41, 5.74) is -0.436. The van der Waals surface area contributed by atoms with Crippen LogP contribution in [-0.2, 0) is 19.1 Å². The number of hydrogen-bond acceptors (Lipinski definition) is 5. The topological polar surface area (TPSA) is 101 Å². The molecule has 0 aromatic heterocycles. The van der Waals surface area contributed by atoms with E-state index in [2.05, 4.69) is 13.8 Å². The molecule has 0 heterocycles. The van der Waals surface area contributed by atoms with Gasteiger partial charge in [-0.2, -0.15) is 0 Å². The van der Waals surface area contributed by atoms with E-state index in [0.29, 0.717) is 19.3 Å². The molecule has 0 saturated heterocycles. The van der Waals surface area contributed by atoms with Crippen LogP contribution in [0, 0.1) is 34.5 Å². The number of ether oxygens (including phenoxy) is 1.